The van der Waals surface area contributed by atoms with Crippen molar-refractivity contribution in [1.82, 2.24) is 10.3 Å². The lowest BCUT2D eigenvalue weighted by atomic mass is 9.76. The van der Waals surface area contributed by atoms with E-state index in [2.05, 4.69) is 19.2 Å². The van der Waals surface area contributed by atoms with Crippen molar-refractivity contribution in [1.29, 1.82) is 0 Å². The second-order valence-corrected chi connectivity index (χ2v) is 7.29. The van der Waals surface area contributed by atoms with Crippen LogP contribution in [0, 0.1) is 5.41 Å². The molecule has 2 aromatic rings. The van der Waals surface area contributed by atoms with E-state index in [0.29, 0.717) is 17.2 Å². The summed E-state index contributed by atoms with van der Waals surface area (Å²) in [5.74, 6) is 0.296. The minimum atomic E-state index is 0.293. The Hall–Kier alpha value is -1.39. The van der Waals surface area contributed by atoms with Crippen LogP contribution in [0.5, 0.6) is 5.75 Å². The van der Waals surface area contributed by atoms with Crippen molar-refractivity contribution in [2.24, 2.45) is 5.41 Å². The summed E-state index contributed by atoms with van der Waals surface area (Å²) in [5, 5.41) is 13.9. The van der Waals surface area contributed by atoms with Crippen LogP contribution in [0.2, 0.25) is 0 Å². The quantitative estimate of drug-likeness (QED) is 0.884. The van der Waals surface area contributed by atoms with Gasteiger partial charge in [-0.15, -0.1) is 11.3 Å². The van der Waals surface area contributed by atoms with Crippen LogP contribution in [0.1, 0.15) is 36.9 Å². The Balaban J connectivity index is 2.01. The first-order valence-electron chi connectivity index (χ1n) is 6.95. The normalized spacial score (nSPS) is 20.6. The zero-order valence-electron chi connectivity index (χ0n) is 12.1. The molecule has 0 radical (unpaired) electrons. The van der Waals surface area contributed by atoms with Gasteiger partial charge in [0.25, 0.3) is 0 Å². The Morgan fingerprint density at radius 1 is 1.30 bits per heavy atom. The van der Waals surface area contributed by atoms with Gasteiger partial charge in [0.15, 0.2) is 0 Å². The second kappa shape index (κ2) is 4.86. The third-order valence-electron chi connectivity index (χ3n) is 3.91. The molecule has 0 spiro atoms. The molecule has 1 aliphatic carbocycles. The molecule has 0 fully saturated rings. The van der Waals surface area contributed by atoms with Gasteiger partial charge < -0.3 is 10.4 Å². The first-order chi connectivity index (χ1) is 9.48. The molecule has 1 aromatic heterocycles. The van der Waals surface area contributed by atoms with Gasteiger partial charge in [-0.2, -0.15) is 0 Å². The highest BCUT2D eigenvalue weighted by molar-refractivity contribution is 7.15. The monoisotopic (exact) mass is 288 g/mol. The van der Waals surface area contributed by atoms with Crippen molar-refractivity contribution in [3.63, 3.8) is 0 Å². The molecule has 3 nitrogen and oxygen atoms in total. The van der Waals surface area contributed by atoms with Gasteiger partial charge in [0.2, 0.25) is 0 Å². The number of rotatable bonds is 2. The van der Waals surface area contributed by atoms with Gasteiger partial charge >= 0.3 is 0 Å². The summed E-state index contributed by atoms with van der Waals surface area (Å²) in [6.07, 6.45) is 2.18. The standard InChI is InChI=1S/C16H20N2OS/c1-16(2)8-12(17-3)14-13(9-16)18-15(20-14)10-4-6-11(19)7-5-10/h4-7,12,17,19H,8-9H2,1-3H3. The van der Waals surface area contributed by atoms with Crippen molar-refractivity contribution in [3.8, 4) is 16.3 Å². The summed E-state index contributed by atoms with van der Waals surface area (Å²) in [7, 11) is 2.02. The van der Waals surface area contributed by atoms with E-state index >= 15 is 0 Å². The minimum absolute atomic E-state index is 0.293. The maximum absolute atomic E-state index is 9.39. The zero-order chi connectivity index (χ0) is 14.3. The van der Waals surface area contributed by atoms with Gasteiger partial charge in [0, 0.05) is 16.5 Å². The number of thiazole rings is 1. The molecule has 1 aromatic carbocycles. The average Bonchev–Trinajstić information content (AvgIpc) is 2.80. The first kappa shape index (κ1) is 13.6. The molecule has 0 saturated heterocycles. The number of hydrogen-bond acceptors (Lipinski definition) is 4. The third-order valence-corrected chi connectivity index (χ3v) is 5.17. The molecule has 20 heavy (non-hydrogen) atoms. The van der Waals surface area contributed by atoms with E-state index in [9.17, 15) is 5.11 Å². The number of fused-ring (bicyclic) bond motifs is 1. The summed E-state index contributed by atoms with van der Waals surface area (Å²) in [6.45, 7) is 4.61. The number of benzene rings is 1. The highest BCUT2D eigenvalue weighted by Crippen LogP contribution is 2.44. The van der Waals surface area contributed by atoms with Crippen LogP contribution >= 0.6 is 11.3 Å². The molecule has 1 heterocycles. The van der Waals surface area contributed by atoms with Crippen molar-refractivity contribution in [2.75, 3.05) is 7.05 Å². The SMILES string of the molecule is CNC1CC(C)(C)Cc2nc(-c3ccc(O)cc3)sc21. The Labute approximate surface area is 123 Å². The maximum atomic E-state index is 9.39. The summed E-state index contributed by atoms with van der Waals surface area (Å²) < 4.78 is 0. The summed E-state index contributed by atoms with van der Waals surface area (Å²) in [5.41, 5.74) is 2.60. The lowest BCUT2D eigenvalue weighted by Gasteiger charge is -2.34. The molecule has 106 valence electrons. The summed E-state index contributed by atoms with van der Waals surface area (Å²) in [6, 6.07) is 7.69. The van der Waals surface area contributed by atoms with Crippen LogP contribution in [0.15, 0.2) is 24.3 Å². The highest BCUT2D eigenvalue weighted by Gasteiger charge is 2.34. The lowest BCUT2D eigenvalue weighted by molar-refractivity contribution is 0.265. The summed E-state index contributed by atoms with van der Waals surface area (Å²) >= 11 is 1.77. The number of aromatic hydroxyl groups is 1. The number of nitrogens with one attached hydrogen (secondary N) is 1. The van der Waals surface area contributed by atoms with Crippen LogP contribution in [0.4, 0.5) is 0 Å². The first-order valence-corrected chi connectivity index (χ1v) is 7.76. The van der Waals surface area contributed by atoms with Crippen molar-refractivity contribution >= 4 is 11.3 Å². The minimum Gasteiger partial charge on any atom is -0.508 e. The van der Waals surface area contributed by atoms with E-state index in [1.807, 2.05) is 19.2 Å². The molecule has 0 amide bonds. The van der Waals surface area contributed by atoms with E-state index in [4.69, 9.17) is 4.98 Å². The topological polar surface area (TPSA) is 45.2 Å². The largest absolute Gasteiger partial charge is 0.508 e. The number of nitrogens with zero attached hydrogens (tertiary/aromatic N) is 1. The molecular formula is C16H20N2OS. The molecule has 1 unspecified atom stereocenters. The number of phenols is 1. The van der Waals surface area contributed by atoms with Gasteiger partial charge in [-0.25, -0.2) is 4.98 Å². The molecule has 2 N–H and O–H groups in total. The van der Waals surface area contributed by atoms with E-state index in [1.165, 1.54) is 10.6 Å². The van der Waals surface area contributed by atoms with Gasteiger partial charge in [-0.1, -0.05) is 13.8 Å². The lowest BCUT2D eigenvalue weighted by Crippen LogP contribution is -2.30. The Kier molecular flexibility index (Phi) is 3.30. The predicted octanol–water partition coefficient (Wildman–Crippen LogP) is 3.75. The van der Waals surface area contributed by atoms with Crippen LogP contribution in [-0.2, 0) is 6.42 Å². The molecule has 1 aliphatic rings. The summed E-state index contributed by atoms with van der Waals surface area (Å²) in [4.78, 5) is 6.21. The van der Waals surface area contributed by atoms with E-state index in [0.717, 1.165) is 23.4 Å². The van der Waals surface area contributed by atoms with E-state index < -0.39 is 0 Å². The Morgan fingerprint density at radius 2 is 2.00 bits per heavy atom. The van der Waals surface area contributed by atoms with Crippen molar-refractivity contribution in [2.45, 2.75) is 32.7 Å². The third kappa shape index (κ3) is 2.45. The van der Waals surface area contributed by atoms with Crippen LogP contribution in [0.3, 0.4) is 0 Å². The predicted molar refractivity (Wildman–Crippen MR) is 83.1 cm³/mol. The fourth-order valence-corrected chi connectivity index (χ4v) is 4.09. The number of hydrogen-bond donors (Lipinski definition) is 2. The molecule has 0 aliphatic heterocycles. The van der Waals surface area contributed by atoms with Crippen LogP contribution in [0.25, 0.3) is 10.6 Å². The van der Waals surface area contributed by atoms with Gasteiger partial charge in [-0.05, 0) is 49.6 Å². The fraction of sp³-hybridized carbons (Fsp3) is 0.438. The Morgan fingerprint density at radius 3 is 2.65 bits per heavy atom. The molecule has 0 saturated carbocycles. The van der Waals surface area contributed by atoms with Gasteiger partial charge in [-0.3, -0.25) is 0 Å². The van der Waals surface area contributed by atoms with E-state index in [-0.39, 0.29) is 0 Å². The van der Waals surface area contributed by atoms with E-state index in [1.54, 1.807) is 23.5 Å². The fourth-order valence-electron chi connectivity index (χ4n) is 2.89. The van der Waals surface area contributed by atoms with Crippen LogP contribution in [-0.4, -0.2) is 17.1 Å². The van der Waals surface area contributed by atoms with Crippen molar-refractivity contribution in [3.05, 3.63) is 34.8 Å². The smallest absolute Gasteiger partial charge is 0.123 e. The zero-order valence-corrected chi connectivity index (χ0v) is 12.9. The number of aromatic nitrogens is 1. The number of phenolic OH excluding ortho intramolecular Hbond substituents is 1. The Bertz CT molecular complexity index is 616. The maximum Gasteiger partial charge on any atom is 0.123 e. The van der Waals surface area contributed by atoms with Crippen LogP contribution < -0.4 is 5.32 Å². The van der Waals surface area contributed by atoms with Gasteiger partial charge in [0.05, 0.1) is 5.69 Å². The molecule has 3 rings (SSSR count). The molecule has 1 atom stereocenters. The molecular weight excluding hydrogens is 268 g/mol. The second-order valence-electron chi connectivity index (χ2n) is 6.26. The van der Waals surface area contributed by atoms with Gasteiger partial charge in [0.1, 0.15) is 10.8 Å². The molecule has 0 bridgehead atoms. The average molecular weight is 288 g/mol. The molecule has 4 heteroatoms. The highest BCUT2D eigenvalue weighted by atomic mass is 32.1. The van der Waals surface area contributed by atoms with Crippen molar-refractivity contribution < 1.29 is 5.11 Å².